The van der Waals surface area contributed by atoms with Crippen LogP contribution in [0.2, 0.25) is 0 Å². The van der Waals surface area contributed by atoms with E-state index in [0.29, 0.717) is 17.8 Å². The van der Waals surface area contributed by atoms with E-state index in [4.69, 9.17) is 0 Å². The molecule has 0 aromatic rings. The highest BCUT2D eigenvalue weighted by Crippen LogP contribution is 2.30. The summed E-state index contributed by atoms with van der Waals surface area (Å²) in [4.78, 5) is 27.0. The van der Waals surface area contributed by atoms with E-state index in [9.17, 15) is 9.59 Å². The highest BCUT2D eigenvalue weighted by atomic mass is 32.2. The number of piperidine rings is 1. The summed E-state index contributed by atoms with van der Waals surface area (Å²) in [5, 5.41) is 3.85. The normalized spacial score (nSPS) is 28.7. The molecule has 0 radical (unpaired) electrons. The van der Waals surface area contributed by atoms with Crippen LogP contribution in [-0.4, -0.2) is 46.8 Å². The maximum atomic E-state index is 12.7. The second-order valence-electron chi connectivity index (χ2n) is 7.88. The number of carbonyl (C=O) groups excluding carboxylic acids is 2. The van der Waals surface area contributed by atoms with Gasteiger partial charge < -0.3 is 10.2 Å². The molecule has 0 aromatic heterocycles. The second-order valence-corrected chi connectivity index (χ2v) is 9.40. The van der Waals surface area contributed by atoms with Crippen LogP contribution in [0.5, 0.6) is 0 Å². The number of hydrogen-bond acceptors (Lipinski definition) is 3. The Hall–Kier alpha value is -0.710. The van der Waals surface area contributed by atoms with E-state index in [1.807, 2.05) is 37.4 Å². The van der Waals surface area contributed by atoms with Crippen LogP contribution < -0.4 is 5.32 Å². The lowest BCUT2D eigenvalue weighted by Gasteiger charge is -2.36. The van der Waals surface area contributed by atoms with Crippen molar-refractivity contribution in [2.75, 3.05) is 18.8 Å². The van der Waals surface area contributed by atoms with Crippen molar-refractivity contribution < 1.29 is 9.59 Å². The van der Waals surface area contributed by atoms with Gasteiger partial charge in [0.15, 0.2) is 0 Å². The first-order valence-corrected chi connectivity index (χ1v) is 10.1. The fourth-order valence-electron chi connectivity index (χ4n) is 3.66. The number of nitrogens with one attached hydrogen (secondary N) is 1. The number of rotatable bonds is 4. The van der Waals surface area contributed by atoms with Crippen LogP contribution in [0.3, 0.4) is 0 Å². The van der Waals surface area contributed by atoms with E-state index in [2.05, 4.69) is 12.2 Å². The first-order chi connectivity index (χ1) is 10.8. The molecule has 0 unspecified atom stereocenters. The molecular formula is C18H32N2O2S. The second kappa shape index (κ2) is 7.91. The Morgan fingerprint density at radius 2 is 1.91 bits per heavy atom. The van der Waals surface area contributed by atoms with E-state index in [0.717, 1.165) is 31.6 Å². The maximum Gasteiger partial charge on any atom is 0.227 e. The fraction of sp³-hybridized carbons (Fsp3) is 0.889. The molecule has 2 fully saturated rings. The Morgan fingerprint density at radius 1 is 1.17 bits per heavy atom. The summed E-state index contributed by atoms with van der Waals surface area (Å²) in [6, 6.07) is 0.321. The molecule has 1 saturated carbocycles. The summed E-state index contributed by atoms with van der Waals surface area (Å²) in [6.45, 7) is 9.40. The van der Waals surface area contributed by atoms with Crippen molar-refractivity contribution in [3.63, 3.8) is 0 Å². The van der Waals surface area contributed by atoms with E-state index < -0.39 is 0 Å². The molecule has 1 aliphatic heterocycles. The van der Waals surface area contributed by atoms with Gasteiger partial charge in [-0.2, -0.15) is 11.8 Å². The molecule has 1 aliphatic carbocycles. The molecular weight excluding hydrogens is 308 g/mol. The number of carbonyl (C=O) groups is 2. The molecule has 2 amide bonds. The van der Waals surface area contributed by atoms with Crippen molar-refractivity contribution in [1.82, 2.24) is 10.2 Å². The molecule has 23 heavy (non-hydrogen) atoms. The van der Waals surface area contributed by atoms with Crippen molar-refractivity contribution in [2.45, 2.75) is 71.1 Å². The van der Waals surface area contributed by atoms with Gasteiger partial charge >= 0.3 is 0 Å². The molecule has 2 aliphatic rings. The van der Waals surface area contributed by atoms with Crippen LogP contribution in [0.1, 0.15) is 59.8 Å². The summed E-state index contributed by atoms with van der Waals surface area (Å²) in [7, 11) is 0. The van der Waals surface area contributed by atoms with Crippen molar-refractivity contribution in [2.24, 2.45) is 11.3 Å². The molecule has 1 N–H and O–H groups in total. The highest BCUT2D eigenvalue weighted by Gasteiger charge is 2.35. The minimum Gasteiger partial charge on any atom is -0.352 e. The number of amides is 2. The lowest BCUT2D eigenvalue weighted by atomic mass is 9.90. The Kier molecular flexibility index (Phi) is 6.40. The van der Waals surface area contributed by atoms with E-state index in [1.165, 1.54) is 12.8 Å². The zero-order chi connectivity index (χ0) is 17.0. The molecule has 0 aromatic carbocycles. The van der Waals surface area contributed by atoms with E-state index in [1.54, 1.807) is 0 Å². The summed E-state index contributed by atoms with van der Waals surface area (Å²) < 4.78 is 0. The van der Waals surface area contributed by atoms with Crippen molar-refractivity contribution >= 4 is 23.6 Å². The molecule has 0 bridgehead atoms. The summed E-state index contributed by atoms with van der Waals surface area (Å²) in [5.74, 6) is 1.39. The molecule has 2 rings (SSSR count). The monoisotopic (exact) mass is 340 g/mol. The topological polar surface area (TPSA) is 49.4 Å². The molecule has 132 valence electrons. The summed E-state index contributed by atoms with van der Waals surface area (Å²) >= 11 is 1.97. The van der Waals surface area contributed by atoms with Gasteiger partial charge in [-0.1, -0.05) is 34.1 Å². The number of likely N-dealkylation sites (tertiary alicyclic amines) is 1. The van der Waals surface area contributed by atoms with Gasteiger partial charge in [0.05, 0.1) is 5.92 Å². The molecule has 5 heteroatoms. The number of hydrogen-bond donors (Lipinski definition) is 1. The minimum atomic E-state index is -0.368. The molecule has 1 saturated heterocycles. The van der Waals surface area contributed by atoms with Crippen LogP contribution in [0, 0.1) is 11.3 Å². The van der Waals surface area contributed by atoms with Crippen molar-refractivity contribution in [3.8, 4) is 0 Å². The van der Waals surface area contributed by atoms with Gasteiger partial charge in [0.25, 0.3) is 0 Å². The fourth-order valence-corrected chi connectivity index (χ4v) is 4.85. The van der Waals surface area contributed by atoms with Crippen LogP contribution >= 0.6 is 11.8 Å². The molecule has 3 atom stereocenters. The lowest BCUT2D eigenvalue weighted by molar-refractivity contribution is -0.142. The first-order valence-electron chi connectivity index (χ1n) is 9.04. The Balaban J connectivity index is 1.90. The third-order valence-electron chi connectivity index (χ3n) is 4.88. The quantitative estimate of drug-likeness (QED) is 0.856. The summed E-state index contributed by atoms with van der Waals surface area (Å²) in [5.41, 5.74) is -0.368. The maximum absolute atomic E-state index is 12.7. The molecule has 1 heterocycles. The third kappa shape index (κ3) is 4.88. The van der Waals surface area contributed by atoms with Gasteiger partial charge in [0.2, 0.25) is 11.8 Å². The van der Waals surface area contributed by atoms with Gasteiger partial charge in [-0.05, 0) is 31.4 Å². The van der Waals surface area contributed by atoms with Crippen LogP contribution in [0.15, 0.2) is 0 Å². The van der Waals surface area contributed by atoms with Gasteiger partial charge in [0.1, 0.15) is 0 Å². The Labute approximate surface area is 145 Å². The number of nitrogens with zero attached hydrogens (tertiary/aromatic N) is 1. The molecule has 0 spiro atoms. The Morgan fingerprint density at radius 3 is 2.57 bits per heavy atom. The Bertz CT molecular complexity index is 433. The predicted molar refractivity (Wildman–Crippen MR) is 96.5 cm³/mol. The average Bonchev–Trinajstić information content (AvgIpc) is 2.93. The average molecular weight is 341 g/mol. The highest BCUT2D eigenvalue weighted by molar-refractivity contribution is 7.99. The lowest BCUT2D eigenvalue weighted by Crippen LogP contribution is -2.50. The SMILES string of the molecule is CCS[C@@H]1CCC[C@@H]1NC(=O)[C@@H]1CCCN(C(=O)C(C)(C)C)C1. The van der Waals surface area contributed by atoms with E-state index in [-0.39, 0.29) is 23.1 Å². The first kappa shape index (κ1) is 18.6. The largest absolute Gasteiger partial charge is 0.352 e. The standard InChI is InChI=1S/C18H32N2O2S/c1-5-23-15-10-6-9-14(15)19-16(21)13-8-7-11-20(12-13)17(22)18(2,3)4/h13-15H,5-12H2,1-4H3,(H,19,21)/t13-,14+,15-/m1/s1. The van der Waals surface area contributed by atoms with Gasteiger partial charge in [-0.25, -0.2) is 0 Å². The molecule has 4 nitrogen and oxygen atoms in total. The van der Waals surface area contributed by atoms with Gasteiger partial charge in [-0.3, -0.25) is 9.59 Å². The van der Waals surface area contributed by atoms with Crippen LogP contribution in [-0.2, 0) is 9.59 Å². The zero-order valence-corrected chi connectivity index (χ0v) is 15.9. The predicted octanol–water partition coefficient (Wildman–Crippen LogP) is 3.06. The van der Waals surface area contributed by atoms with Gasteiger partial charge in [-0.15, -0.1) is 0 Å². The summed E-state index contributed by atoms with van der Waals surface area (Å²) in [6.07, 6.45) is 5.35. The van der Waals surface area contributed by atoms with Crippen molar-refractivity contribution in [1.29, 1.82) is 0 Å². The van der Waals surface area contributed by atoms with Crippen molar-refractivity contribution in [3.05, 3.63) is 0 Å². The smallest absolute Gasteiger partial charge is 0.227 e. The number of thioether (sulfide) groups is 1. The van der Waals surface area contributed by atoms with Crippen LogP contribution in [0.25, 0.3) is 0 Å². The zero-order valence-electron chi connectivity index (χ0n) is 15.1. The van der Waals surface area contributed by atoms with Crippen LogP contribution in [0.4, 0.5) is 0 Å². The third-order valence-corrected chi connectivity index (χ3v) is 6.21. The van der Waals surface area contributed by atoms with E-state index >= 15 is 0 Å². The van der Waals surface area contributed by atoms with Gasteiger partial charge in [0, 0.05) is 29.8 Å². The minimum absolute atomic E-state index is 0.0390.